The third kappa shape index (κ3) is 13.5. The summed E-state index contributed by atoms with van der Waals surface area (Å²) in [5.41, 5.74) is 0.757. The molecule has 0 aromatic rings. The summed E-state index contributed by atoms with van der Waals surface area (Å²) >= 11 is 0. The highest BCUT2D eigenvalue weighted by Crippen LogP contribution is 2.52. The predicted octanol–water partition coefficient (Wildman–Crippen LogP) is 8.55. The monoisotopic (exact) mass is 616 g/mol. The lowest BCUT2D eigenvalue weighted by Gasteiger charge is -2.30. The molecule has 0 aromatic heterocycles. The van der Waals surface area contributed by atoms with Gasteiger partial charge in [-0.1, -0.05) is 127 Å². The van der Waals surface area contributed by atoms with Crippen molar-refractivity contribution in [2.45, 2.75) is 166 Å². The summed E-state index contributed by atoms with van der Waals surface area (Å²) in [4.78, 5) is 12.7. The first-order valence-electron chi connectivity index (χ1n) is 18.0. The Bertz CT molecular complexity index is 911. The van der Waals surface area contributed by atoms with Crippen molar-refractivity contribution in [2.75, 3.05) is 19.8 Å². The first-order chi connectivity index (χ1) is 21.2. The number of fused-ring (bicyclic) bond motifs is 2. The van der Waals surface area contributed by atoms with Gasteiger partial charge in [0.05, 0.1) is 24.9 Å². The minimum atomic E-state index is -0.950. The van der Waals surface area contributed by atoms with Crippen molar-refractivity contribution in [3.8, 4) is 0 Å². The second kappa shape index (κ2) is 19.3. The molecule has 3 fully saturated rings. The highest BCUT2D eigenvalue weighted by atomic mass is 16.7. The number of allylic oxidation sites excluding steroid dienone is 2. The molecule has 1 saturated carbocycles. The number of unbranched alkanes of at least 4 members (excludes halogenated alkanes) is 14. The van der Waals surface area contributed by atoms with Gasteiger partial charge < -0.3 is 24.4 Å². The molecule has 5 atom stereocenters. The molecule has 2 saturated heterocycles. The van der Waals surface area contributed by atoms with Gasteiger partial charge in [0.2, 0.25) is 0 Å². The maximum atomic E-state index is 12.7. The van der Waals surface area contributed by atoms with E-state index < -0.39 is 5.60 Å². The average Bonchev–Trinajstić information content (AvgIpc) is 3.91. The molecule has 1 spiro atoms. The van der Waals surface area contributed by atoms with Crippen LogP contribution in [0.4, 0.5) is 0 Å². The first kappa shape index (κ1) is 37.0. The molecular weight excluding hydrogens is 552 g/mol. The Morgan fingerprint density at radius 2 is 1.57 bits per heavy atom. The predicted molar refractivity (Wildman–Crippen MR) is 178 cm³/mol. The smallest absolute Gasteiger partial charge is 0.306 e. The molecule has 6 heteroatoms. The van der Waals surface area contributed by atoms with Gasteiger partial charge in [-0.15, -0.1) is 0 Å². The van der Waals surface area contributed by atoms with Gasteiger partial charge in [0.1, 0.15) is 18.3 Å². The number of rotatable bonds is 22. The summed E-state index contributed by atoms with van der Waals surface area (Å²) in [5.74, 6) is -0.350. The van der Waals surface area contributed by atoms with Crippen LogP contribution in [0.1, 0.15) is 143 Å². The van der Waals surface area contributed by atoms with Crippen molar-refractivity contribution in [2.24, 2.45) is 11.8 Å². The summed E-state index contributed by atoms with van der Waals surface area (Å²) in [6.45, 7) is 10.9. The third-order valence-electron chi connectivity index (χ3n) is 9.84. The Kier molecular flexibility index (Phi) is 16.2. The van der Waals surface area contributed by atoms with Crippen LogP contribution in [-0.2, 0) is 19.0 Å². The van der Waals surface area contributed by atoms with Crippen molar-refractivity contribution in [3.05, 3.63) is 36.0 Å². The summed E-state index contributed by atoms with van der Waals surface area (Å²) in [7, 11) is 0. The van der Waals surface area contributed by atoms with Crippen LogP contribution in [0.25, 0.3) is 0 Å². The molecule has 1 aliphatic carbocycles. The highest BCUT2D eigenvalue weighted by Gasteiger charge is 2.63. The Balaban J connectivity index is 1.38. The van der Waals surface area contributed by atoms with Gasteiger partial charge in [-0.25, -0.2) is 0 Å². The largest absolute Gasteiger partial charge is 0.461 e. The van der Waals surface area contributed by atoms with E-state index in [-0.39, 0.29) is 48.8 Å². The minimum Gasteiger partial charge on any atom is -0.461 e. The van der Waals surface area contributed by atoms with Crippen molar-refractivity contribution in [3.63, 3.8) is 0 Å². The summed E-state index contributed by atoms with van der Waals surface area (Å²) in [5, 5.41) is 20.6. The highest BCUT2D eigenvalue weighted by molar-refractivity contribution is 5.69. The van der Waals surface area contributed by atoms with Crippen LogP contribution in [-0.4, -0.2) is 59.4 Å². The van der Waals surface area contributed by atoms with Crippen molar-refractivity contribution >= 4 is 5.97 Å². The number of aliphatic hydroxyl groups excluding tert-OH is 1. The summed E-state index contributed by atoms with van der Waals surface area (Å²) < 4.78 is 17.6. The lowest BCUT2D eigenvalue weighted by Crippen LogP contribution is -2.27. The van der Waals surface area contributed by atoms with Crippen LogP contribution in [0.2, 0.25) is 0 Å². The Labute approximate surface area is 268 Å². The fourth-order valence-electron chi connectivity index (χ4n) is 6.86. The maximum absolute atomic E-state index is 12.7. The van der Waals surface area contributed by atoms with Gasteiger partial charge >= 0.3 is 5.97 Å². The van der Waals surface area contributed by atoms with Crippen LogP contribution >= 0.6 is 0 Å². The third-order valence-corrected chi connectivity index (χ3v) is 9.84. The molecule has 2 N–H and O–H groups in total. The van der Waals surface area contributed by atoms with E-state index in [4.69, 9.17) is 14.2 Å². The summed E-state index contributed by atoms with van der Waals surface area (Å²) in [6.07, 6.45) is 28.0. The van der Waals surface area contributed by atoms with E-state index in [1.165, 1.54) is 83.5 Å². The van der Waals surface area contributed by atoms with E-state index in [0.717, 1.165) is 36.8 Å². The number of carbonyl (C=O) groups is 1. The molecule has 3 aliphatic rings. The van der Waals surface area contributed by atoms with Crippen LogP contribution in [0, 0.1) is 11.8 Å². The van der Waals surface area contributed by atoms with Crippen LogP contribution in [0.15, 0.2) is 36.0 Å². The van der Waals surface area contributed by atoms with Crippen LogP contribution < -0.4 is 0 Å². The van der Waals surface area contributed by atoms with E-state index in [0.29, 0.717) is 19.4 Å². The number of aliphatic hydroxyl groups is 2. The molecule has 0 aromatic carbocycles. The average molecular weight is 617 g/mol. The number of epoxide rings is 2. The van der Waals surface area contributed by atoms with E-state index in [1.54, 1.807) is 19.9 Å². The molecule has 6 nitrogen and oxygen atoms in total. The quantitative estimate of drug-likeness (QED) is 0.0416. The first-order valence-corrected chi connectivity index (χ1v) is 18.0. The van der Waals surface area contributed by atoms with Gasteiger partial charge in [-0.2, -0.15) is 0 Å². The summed E-state index contributed by atoms with van der Waals surface area (Å²) in [6, 6.07) is 0. The number of esters is 1. The second-order valence-electron chi connectivity index (χ2n) is 14.4. The zero-order chi connectivity index (χ0) is 31.8. The van der Waals surface area contributed by atoms with Gasteiger partial charge in [0, 0.05) is 12.3 Å². The topological polar surface area (TPSA) is 91.8 Å². The lowest BCUT2D eigenvalue weighted by atomic mass is 9.77. The zero-order valence-corrected chi connectivity index (χ0v) is 28.3. The molecule has 44 heavy (non-hydrogen) atoms. The Morgan fingerprint density at radius 1 is 1.00 bits per heavy atom. The van der Waals surface area contributed by atoms with Crippen molar-refractivity contribution in [1.82, 2.24) is 0 Å². The molecule has 3 rings (SSSR count). The molecule has 2 aliphatic heterocycles. The lowest BCUT2D eigenvalue weighted by molar-refractivity contribution is -0.143. The van der Waals surface area contributed by atoms with E-state index in [1.807, 2.05) is 12.2 Å². The number of carbonyl (C=O) groups excluding carboxylic acids is 1. The molecule has 5 unspecified atom stereocenters. The van der Waals surface area contributed by atoms with E-state index >= 15 is 0 Å². The van der Waals surface area contributed by atoms with Crippen molar-refractivity contribution in [1.29, 1.82) is 0 Å². The number of hydrogen-bond donors (Lipinski definition) is 2. The van der Waals surface area contributed by atoms with Gasteiger partial charge in [-0.05, 0) is 51.0 Å². The van der Waals surface area contributed by atoms with E-state index in [9.17, 15) is 15.0 Å². The fourth-order valence-corrected chi connectivity index (χ4v) is 6.86. The van der Waals surface area contributed by atoms with E-state index in [2.05, 4.69) is 13.5 Å². The van der Waals surface area contributed by atoms with Gasteiger partial charge in [0.15, 0.2) is 0 Å². The molecule has 252 valence electrons. The maximum Gasteiger partial charge on any atom is 0.306 e. The minimum absolute atomic E-state index is 0.0195. The van der Waals surface area contributed by atoms with Gasteiger partial charge in [-0.3, -0.25) is 4.79 Å². The SMILES string of the molecule is C=C1CC2OC2C2(CCC(C(=CC=CC(C)(C)O)COC(=O)CCCCCCCCCCCCCCCCC)C1CO)CO2. The van der Waals surface area contributed by atoms with Gasteiger partial charge in [0.25, 0.3) is 0 Å². The normalized spacial score (nSPS) is 27.2. The molecule has 0 bridgehead atoms. The molecule has 0 radical (unpaired) electrons. The van der Waals surface area contributed by atoms with Crippen molar-refractivity contribution < 1.29 is 29.2 Å². The second-order valence-corrected chi connectivity index (χ2v) is 14.4. The van der Waals surface area contributed by atoms with Crippen LogP contribution in [0.3, 0.4) is 0 Å². The Morgan fingerprint density at radius 3 is 2.09 bits per heavy atom. The molecule has 0 amide bonds. The zero-order valence-electron chi connectivity index (χ0n) is 28.3. The Hall–Kier alpha value is -1.47. The number of hydrogen-bond acceptors (Lipinski definition) is 6. The molecule has 2 heterocycles. The molecular formula is C38H64O6. The fraction of sp³-hybridized carbons (Fsp3) is 0.816. The van der Waals surface area contributed by atoms with Crippen LogP contribution in [0.5, 0.6) is 0 Å². The standard InChI is InChI=1S/C38H64O6/c1-5-6-7-8-9-10-11-12-13-14-15-16-17-18-19-22-35(40)42-28-31(21-20-24-37(3,4)41)32-23-25-38(29-43-38)36-34(44-36)26-30(2)33(32)27-39/h20-21,24,32-34,36,39,41H,2,5-19,22-23,25-29H2,1,3-4H3. The number of ether oxygens (including phenoxy) is 3.